The monoisotopic (exact) mass is 289 g/mol. The molecule has 1 aromatic rings. The fourth-order valence-corrected chi connectivity index (χ4v) is 1.68. The van der Waals surface area contributed by atoms with Crippen molar-refractivity contribution in [2.75, 3.05) is 6.54 Å². The second kappa shape index (κ2) is 5.33. The molecule has 84 valence electrons. The summed E-state index contributed by atoms with van der Waals surface area (Å²) in [5, 5.41) is 4.18. The number of hydrogen-bond acceptors (Lipinski definition) is 1. The van der Waals surface area contributed by atoms with Crippen LogP contribution in [0.2, 0.25) is 5.02 Å². The molecule has 0 aromatic heterocycles. The van der Waals surface area contributed by atoms with Gasteiger partial charge in [-0.15, -0.1) is 0 Å². The molecular weight excluding hydrogens is 273 g/mol. The van der Waals surface area contributed by atoms with Crippen molar-refractivity contribution in [3.63, 3.8) is 0 Å². The normalized spacial score (nSPS) is 11.8. The van der Waals surface area contributed by atoms with Crippen molar-refractivity contribution in [2.45, 2.75) is 27.3 Å². The quantitative estimate of drug-likeness (QED) is 0.878. The highest BCUT2D eigenvalue weighted by Crippen LogP contribution is 2.23. The van der Waals surface area contributed by atoms with Crippen LogP contribution < -0.4 is 5.32 Å². The molecule has 0 atom stereocenters. The van der Waals surface area contributed by atoms with Crippen LogP contribution in [-0.2, 0) is 6.54 Å². The Kier molecular flexibility index (Phi) is 4.63. The molecule has 0 saturated carbocycles. The average Bonchev–Trinajstić information content (AvgIpc) is 2.09. The third-order valence-electron chi connectivity index (χ3n) is 1.97. The van der Waals surface area contributed by atoms with Crippen LogP contribution in [0, 0.1) is 5.41 Å². The maximum atomic E-state index is 6.01. The minimum atomic E-state index is 0.319. The summed E-state index contributed by atoms with van der Waals surface area (Å²) in [6.07, 6.45) is 0. The van der Waals surface area contributed by atoms with Gasteiger partial charge in [0, 0.05) is 17.6 Å². The van der Waals surface area contributed by atoms with Gasteiger partial charge in [-0.2, -0.15) is 0 Å². The highest BCUT2D eigenvalue weighted by Gasteiger charge is 2.08. The van der Waals surface area contributed by atoms with E-state index in [1.807, 2.05) is 12.1 Å². The highest BCUT2D eigenvalue weighted by molar-refractivity contribution is 9.10. The fourth-order valence-electron chi connectivity index (χ4n) is 1.23. The first kappa shape index (κ1) is 13.0. The zero-order valence-corrected chi connectivity index (χ0v) is 11.7. The Morgan fingerprint density at radius 2 is 2.00 bits per heavy atom. The summed E-state index contributed by atoms with van der Waals surface area (Å²) in [6.45, 7) is 8.52. The Morgan fingerprint density at radius 3 is 2.53 bits per heavy atom. The third kappa shape index (κ3) is 5.01. The maximum absolute atomic E-state index is 6.01. The van der Waals surface area contributed by atoms with Crippen LogP contribution in [0.5, 0.6) is 0 Å². The zero-order chi connectivity index (χ0) is 11.5. The van der Waals surface area contributed by atoms with Crippen LogP contribution >= 0.6 is 27.5 Å². The van der Waals surface area contributed by atoms with E-state index in [0.717, 1.165) is 22.6 Å². The molecule has 0 aliphatic rings. The Hall–Kier alpha value is -0.0500. The summed E-state index contributed by atoms with van der Waals surface area (Å²) in [5.74, 6) is 0. The highest BCUT2D eigenvalue weighted by atomic mass is 79.9. The molecule has 1 N–H and O–H groups in total. The van der Waals surface area contributed by atoms with Gasteiger partial charge < -0.3 is 5.32 Å². The Morgan fingerprint density at radius 1 is 1.33 bits per heavy atom. The molecule has 0 bridgehead atoms. The van der Waals surface area contributed by atoms with Crippen LogP contribution in [0.3, 0.4) is 0 Å². The van der Waals surface area contributed by atoms with Gasteiger partial charge >= 0.3 is 0 Å². The number of hydrogen-bond donors (Lipinski definition) is 1. The molecule has 3 heteroatoms. The molecule has 15 heavy (non-hydrogen) atoms. The SMILES string of the molecule is CC(C)(C)CNCc1ccc(Br)c(Cl)c1. The molecule has 0 aliphatic heterocycles. The van der Waals surface area contributed by atoms with Crippen LogP contribution in [0.4, 0.5) is 0 Å². The number of benzene rings is 1. The number of rotatable bonds is 3. The van der Waals surface area contributed by atoms with E-state index in [2.05, 4.69) is 48.1 Å². The minimum absolute atomic E-state index is 0.319. The van der Waals surface area contributed by atoms with Crippen molar-refractivity contribution in [1.29, 1.82) is 0 Å². The third-order valence-corrected chi connectivity index (χ3v) is 3.20. The van der Waals surface area contributed by atoms with Gasteiger partial charge in [-0.05, 0) is 39.0 Å². The maximum Gasteiger partial charge on any atom is 0.0551 e. The summed E-state index contributed by atoms with van der Waals surface area (Å²) in [5.41, 5.74) is 1.53. The van der Waals surface area contributed by atoms with Gasteiger partial charge in [0.05, 0.1) is 5.02 Å². The standard InChI is InChI=1S/C12H17BrClN/c1-12(2,3)8-15-7-9-4-5-10(13)11(14)6-9/h4-6,15H,7-8H2,1-3H3. The lowest BCUT2D eigenvalue weighted by atomic mass is 9.97. The van der Waals surface area contributed by atoms with Crippen LogP contribution in [0.1, 0.15) is 26.3 Å². The second-order valence-electron chi connectivity index (χ2n) is 4.91. The molecule has 1 nitrogen and oxygen atoms in total. The van der Waals surface area contributed by atoms with Gasteiger partial charge in [-0.1, -0.05) is 38.4 Å². The molecule has 1 rings (SSSR count). The first-order chi connectivity index (χ1) is 6.88. The summed E-state index contributed by atoms with van der Waals surface area (Å²) in [4.78, 5) is 0. The van der Waals surface area contributed by atoms with E-state index in [1.165, 1.54) is 5.56 Å². The molecule has 0 radical (unpaired) electrons. The smallest absolute Gasteiger partial charge is 0.0551 e. The molecule has 0 spiro atoms. The van der Waals surface area contributed by atoms with E-state index >= 15 is 0 Å². The first-order valence-electron chi connectivity index (χ1n) is 5.03. The van der Waals surface area contributed by atoms with Crippen molar-refractivity contribution in [1.82, 2.24) is 5.32 Å². The topological polar surface area (TPSA) is 12.0 Å². The average molecular weight is 291 g/mol. The number of halogens is 2. The van der Waals surface area contributed by atoms with Crippen molar-refractivity contribution >= 4 is 27.5 Å². The largest absolute Gasteiger partial charge is 0.312 e. The van der Waals surface area contributed by atoms with E-state index in [1.54, 1.807) is 0 Å². The molecule has 0 saturated heterocycles. The summed E-state index contributed by atoms with van der Waals surface area (Å²) >= 11 is 9.38. The molecule has 1 aromatic carbocycles. The molecule has 0 aliphatic carbocycles. The first-order valence-corrected chi connectivity index (χ1v) is 6.20. The Labute approximate surface area is 105 Å². The molecule has 0 unspecified atom stereocenters. The molecular formula is C12H17BrClN. The predicted molar refractivity (Wildman–Crippen MR) is 70.3 cm³/mol. The van der Waals surface area contributed by atoms with E-state index in [4.69, 9.17) is 11.6 Å². The van der Waals surface area contributed by atoms with E-state index in [9.17, 15) is 0 Å². The number of nitrogens with one attached hydrogen (secondary N) is 1. The van der Waals surface area contributed by atoms with Gasteiger partial charge in [-0.25, -0.2) is 0 Å². The van der Waals surface area contributed by atoms with E-state index < -0.39 is 0 Å². The molecule has 0 fully saturated rings. The van der Waals surface area contributed by atoms with Crippen molar-refractivity contribution in [3.05, 3.63) is 33.3 Å². The summed E-state index contributed by atoms with van der Waals surface area (Å²) in [6, 6.07) is 6.04. The van der Waals surface area contributed by atoms with E-state index in [0.29, 0.717) is 5.41 Å². The minimum Gasteiger partial charge on any atom is -0.312 e. The van der Waals surface area contributed by atoms with Crippen LogP contribution in [-0.4, -0.2) is 6.54 Å². The lowest BCUT2D eigenvalue weighted by Crippen LogP contribution is -2.26. The van der Waals surface area contributed by atoms with Gasteiger partial charge in [0.25, 0.3) is 0 Å². The summed E-state index contributed by atoms with van der Waals surface area (Å²) < 4.78 is 0.948. The van der Waals surface area contributed by atoms with Gasteiger partial charge in [-0.3, -0.25) is 0 Å². The molecule has 0 amide bonds. The lowest BCUT2D eigenvalue weighted by molar-refractivity contribution is 0.379. The van der Waals surface area contributed by atoms with Crippen molar-refractivity contribution in [3.8, 4) is 0 Å². The van der Waals surface area contributed by atoms with E-state index in [-0.39, 0.29) is 0 Å². The Balaban J connectivity index is 2.48. The lowest BCUT2D eigenvalue weighted by Gasteiger charge is -2.18. The second-order valence-corrected chi connectivity index (χ2v) is 6.17. The van der Waals surface area contributed by atoms with Gasteiger partial charge in [0.2, 0.25) is 0 Å². The van der Waals surface area contributed by atoms with Crippen LogP contribution in [0.15, 0.2) is 22.7 Å². The fraction of sp³-hybridized carbons (Fsp3) is 0.500. The van der Waals surface area contributed by atoms with Gasteiger partial charge in [0.15, 0.2) is 0 Å². The predicted octanol–water partition coefficient (Wildman–Crippen LogP) is 4.24. The van der Waals surface area contributed by atoms with Gasteiger partial charge in [0.1, 0.15) is 0 Å². The van der Waals surface area contributed by atoms with Crippen molar-refractivity contribution in [2.24, 2.45) is 5.41 Å². The van der Waals surface area contributed by atoms with Crippen molar-refractivity contribution < 1.29 is 0 Å². The Bertz CT molecular complexity index is 331. The summed E-state index contributed by atoms with van der Waals surface area (Å²) in [7, 11) is 0. The van der Waals surface area contributed by atoms with Crippen LogP contribution in [0.25, 0.3) is 0 Å². The zero-order valence-electron chi connectivity index (χ0n) is 9.40. The molecule has 0 heterocycles.